The number of amides is 2. The van der Waals surface area contributed by atoms with Crippen molar-refractivity contribution in [2.75, 3.05) is 6.54 Å². The van der Waals surface area contributed by atoms with Crippen LogP contribution in [0.15, 0.2) is 24.3 Å². The summed E-state index contributed by atoms with van der Waals surface area (Å²) in [5.41, 5.74) is 7.03. The highest BCUT2D eigenvalue weighted by Gasteiger charge is 2.42. The van der Waals surface area contributed by atoms with E-state index in [4.69, 9.17) is 11.0 Å². The summed E-state index contributed by atoms with van der Waals surface area (Å²) < 4.78 is 0. The van der Waals surface area contributed by atoms with Crippen molar-refractivity contribution in [3.8, 4) is 6.07 Å². The third-order valence-electron chi connectivity index (χ3n) is 4.96. The van der Waals surface area contributed by atoms with Gasteiger partial charge in [-0.2, -0.15) is 5.26 Å². The van der Waals surface area contributed by atoms with Crippen LogP contribution in [0.25, 0.3) is 0 Å². The summed E-state index contributed by atoms with van der Waals surface area (Å²) in [6.07, 6.45) is -0.559. The molecule has 28 heavy (non-hydrogen) atoms. The van der Waals surface area contributed by atoms with Gasteiger partial charge in [-0.25, -0.2) is 0 Å². The van der Waals surface area contributed by atoms with Crippen molar-refractivity contribution in [1.29, 1.82) is 5.26 Å². The molecule has 3 unspecified atom stereocenters. The summed E-state index contributed by atoms with van der Waals surface area (Å²) in [5, 5.41) is 21.8. The number of nitriles is 1. The highest BCUT2D eigenvalue weighted by atomic mass is 35.5. The lowest BCUT2D eigenvalue weighted by Gasteiger charge is -2.32. The molecular formula is C20H29ClN4O3. The van der Waals surface area contributed by atoms with Crippen molar-refractivity contribution < 1.29 is 14.7 Å². The molecule has 1 aromatic carbocycles. The van der Waals surface area contributed by atoms with Crippen LogP contribution < -0.4 is 11.1 Å². The third-order valence-corrected chi connectivity index (χ3v) is 4.96. The number of rotatable bonds is 4. The number of aliphatic hydroxyl groups is 1. The number of nitrogens with zero attached hydrogens (tertiary/aromatic N) is 2. The minimum Gasteiger partial charge on any atom is -0.391 e. The van der Waals surface area contributed by atoms with E-state index in [1.807, 2.05) is 27.7 Å². The van der Waals surface area contributed by atoms with Crippen LogP contribution in [-0.2, 0) is 9.59 Å². The monoisotopic (exact) mass is 408 g/mol. The van der Waals surface area contributed by atoms with Gasteiger partial charge in [-0.15, -0.1) is 12.4 Å². The zero-order valence-corrected chi connectivity index (χ0v) is 17.5. The van der Waals surface area contributed by atoms with Crippen molar-refractivity contribution >= 4 is 24.2 Å². The molecule has 1 fully saturated rings. The molecule has 0 aliphatic carbocycles. The second kappa shape index (κ2) is 9.37. The van der Waals surface area contributed by atoms with Crippen LogP contribution in [0, 0.1) is 16.7 Å². The Morgan fingerprint density at radius 2 is 1.89 bits per heavy atom. The fourth-order valence-electron chi connectivity index (χ4n) is 3.09. The SMILES string of the molecule is C[C@H](NC(=O)C1CC(O)CN1C(=O)C(N)C(C)(C)C)c1ccc(C#N)cc1.Cl. The summed E-state index contributed by atoms with van der Waals surface area (Å²) in [5.74, 6) is -0.650. The number of hydrogen-bond acceptors (Lipinski definition) is 5. The summed E-state index contributed by atoms with van der Waals surface area (Å²) in [6, 6.07) is 7.20. The van der Waals surface area contributed by atoms with E-state index < -0.39 is 23.6 Å². The van der Waals surface area contributed by atoms with Gasteiger partial charge in [0.25, 0.3) is 0 Å². The van der Waals surface area contributed by atoms with Gasteiger partial charge >= 0.3 is 0 Å². The molecule has 1 aliphatic rings. The molecule has 0 spiro atoms. The maximum Gasteiger partial charge on any atom is 0.243 e. The van der Waals surface area contributed by atoms with Crippen LogP contribution >= 0.6 is 12.4 Å². The van der Waals surface area contributed by atoms with E-state index in [1.54, 1.807) is 24.3 Å². The van der Waals surface area contributed by atoms with Crippen molar-refractivity contribution in [2.45, 2.75) is 58.3 Å². The van der Waals surface area contributed by atoms with Gasteiger partial charge in [0.1, 0.15) is 6.04 Å². The Hall–Kier alpha value is -2.14. The van der Waals surface area contributed by atoms with Crippen LogP contribution in [0.4, 0.5) is 0 Å². The van der Waals surface area contributed by atoms with Gasteiger partial charge in [-0.3, -0.25) is 9.59 Å². The van der Waals surface area contributed by atoms with Gasteiger partial charge in [-0.1, -0.05) is 32.9 Å². The molecule has 1 aliphatic heterocycles. The first kappa shape index (κ1) is 23.9. The molecule has 8 heteroatoms. The van der Waals surface area contributed by atoms with E-state index in [0.29, 0.717) is 5.56 Å². The number of hydrogen-bond donors (Lipinski definition) is 3. The molecule has 0 saturated carbocycles. The second-order valence-electron chi connectivity index (χ2n) is 8.20. The minimum absolute atomic E-state index is 0. The number of likely N-dealkylation sites (tertiary alicyclic amines) is 1. The Morgan fingerprint density at radius 1 is 1.32 bits per heavy atom. The average Bonchev–Trinajstić information content (AvgIpc) is 3.01. The molecule has 0 radical (unpaired) electrons. The van der Waals surface area contributed by atoms with Gasteiger partial charge in [-0.05, 0) is 30.0 Å². The molecule has 7 nitrogen and oxygen atoms in total. The lowest BCUT2D eigenvalue weighted by atomic mass is 9.86. The van der Waals surface area contributed by atoms with E-state index in [9.17, 15) is 14.7 Å². The predicted molar refractivity (Wildman–Crippen MR) is 109 cm³/mol. The molecular weight excluding hydrogens is 380 g/mol. The third kappa shape index (κ3) is 5.44. The quantitative estimate of drug-likeness (QED) is 0.697. The van der Waals surface area contributed by atoms with Gasteiger partial charge < -0.3 is 21.1 Å². The molecule has 1 aromatic rings. The fraction of sp³-hybridized carbons (Fsp3) is 0.550. The molecule has 4 N–H and O–H groups in total. The topological polar surface area (TPSA) is 119 Å². The molecule has 4 atom stereocenters. The van der Waals surface area contributed by atoms with Gasteiger partial charge in [0.05, 0.1) is 29.8 Å². The first-order valence-corrected chi connectivity index (χ1v) is 9.09. The zero-order chi connectivity index (χ0) is 20.4. The van der Waals surface area contributed by atoms with Crippen molar-refractivity contribution in [2.24, 2.45) is 11.1 Å². The molecule has 0 aromatic heterocycles. The Labute approximate surface area is 172 Å². The summed E-state index contributed by atoms with van der Waals surface area (Å²) in [4.78, 5) is 26.9. The Bertz CT molecular complexity index is 739. The first-order chi connectivity index (χ1) is 12.5. The average molecular weight is 409 g/mol. The van der Waals surface area contributed by atoms with Crippen molar-refractivity contribution in [3.63, 3.8) is 0 Å². The number of benzene rings is 1. The number of carbonyl (C=O) groups excluding carboxylic acids is 2. The number of aliphatic hydroxyl groups excluding tert-OH is 1. The lowest BCUT2D eigenvalue weighted by Crippen LogP contribution is -2.55. The molecule has 1 heterocycles. The lowest BCUT2D eigenvalue weighted by molar-refractivity contribution is -0.141. The maximum atomic E-state index is 12.8. The van der Waals surface area contributed by atoms with Gasteiger partial charge in [0, 0.05) is 13.0 Å². The summed E-state index contributed by atoms with van der Waals surface area (Å²) in [7, 11) is 0. The maximum absolute atomic E-state index is 12.8. The van der Waals surface area contributed by atoms with Gasteiger partial charge in [0.2, 0.25) is 11.8 Å². The molecule has 2 amide bonds. The van der Waals surface area contributed by atoms with Crippen LogP contribution in [0.2, 0.25) is 0 Å². The van der Waals surface area contributed by atoms with Crippen LogP contribution in [0.5, 0.6) is 0 Å². The van der Waals surface area contributed by atoms with E-state index in [-0.39, 0.29) is 43.2 Å². The van der Waals surface area contributed by atoms with E-state index >= 15 is 0 Å². The summed E-state index contributed by atoms with van der Waals surface area (Å²) in [6.45, 7) is 7.53. The zero-order valence-electron chi connectivity index (χ0n) is 16.7. The molecule has 2 rings (SSSR count). The number of nitrogens with two attached hydrogens (primary N) is 1. The second-order valence-corrected chi connectivity index (χ2v) is 8.20. The Balaban J connectivity index is 0.00000392. The number of β-amino-alcohol motifs (C(OH)–C–C–N with tert-alkyl or cyclic N) is 1. The molecule has 0 bridgehead atoms. The highest BCUT2D eigenvalue weighted by Crippen LogP contribution is 2.25. The minimum atomic E-state index is -0.756. The molecule has 1 saturated heterocycles. The normalized spacial score (nSPS) is 21.2. The largest absolute Gasteiger partial charge is 0.391 e. The molecule has 154 valence electrons. The van der Waals surface area contributed by atoms with Crippen LogP contribution in [0.3, 0.4) is 0 Å². The van der Waals surface area contributed by atoms with E-state index in [1.165, 1.54) is 4.90 Å². The predicted octanol–water partition coefficient (Wildman–Crippen LogP) is 1.49. The first-order valence-electron chi connectivity index (χ1n) is 9.09. The number of nitrogens with one attached hydrogen (secondary N) is 1. The van der Waals surface area contributed by atoms with Crippen LogP contribution in [-0.4, -0.2) is 46.6 Å². The van der Waals surface area contributed by atoms with Crippen molar-refractivity contribution in [3.05, 3.63) is 35.4 Å². The standard InChI is InChI=1S/C20H28N4O3.ClH/c1-12(14-7-5-13(10-21)6-8-14)23-18(26)16-9-15(25)11-24(16)19(27)17(22)20(2,3)4;/h5-8,12,15-17,25H,9,11,22H2,1-4H3,(H,23,26);1H/t12-,15?,16?,17?;/m0./s1. The Morgan fingerprint density at radius 3 is 2.39 bits per heavy atom. The van der Waals surface area contributed by atoms with Crippen LogP contribution in [0.1, 0.15) is 51.3 Å². The Kier molecular flexibility index (Phi) is 8.00. The fourth-order valence-corrected chi connectivity index (χ4v) is 3.09. The van der Waals surface area contributed by atoms with Crippen molar-refractivity contribution in [1.82, 2.24) is 10.2 Å². The number of carbonyl (C=O) groups is 2. The smallest absolute Gasteiger partial charge is 0.243 e. The summed E-state index contributed by atoms with van der Waals surface area (Å²) >= 11 is 0. The highest BCUT2D eigenvalue weighted by molar-refractivity contribution is 5.91. The van der Waals surface area contributed by atoms with E-state index in [0.717, 1.165) is 5.56 Å². The number of halogens is 1. The van der Waals surface area contributed by atoms with Gasteiger partial charge in [0.15, 0.2) is 0 Å². The van der Waals surface area contributed by atoms with E-state index in [2.05, 4.69) is 11.4 Å².